The van der Waals surface area contributed by atoms with Crippen molar-refractivity contribution in [2.45, 2.75) is 70.4 Å². The summed E-state index contributed by atoms with van der Waals surface area (Å²) >= 11 is 0. The molecule has 3 aromatic rings. The van der Waals surface area contributed by atoms with Gasteiger partial charge in [-0.15, -0.1) is 0 Å². The van der Waals surface area contributed by atoms with E-state index in [1.165, 1.54) is 36.4 Å². The molecule has 0 fully saturated rings. The Hall–Kier alpha value is -3.39. The number of hydrogen-bond donors (Lipinski definition) is 1. The molecule has 2 unspecified atom stereocenters. The molecule has 0 heterocycles. The Bertz CT molecular complexity index is 1630. The molecule has 2 atom stereocenters. The molecule has 50 heavy (non-hydrogen) atoms. The van der Waals surface area contributed by atoms with E-state index in [0.29, 0.717) is 20.4 Å². The van der Waals surface area contributed by atoms with E-state index in [2.05, 4.69) is 9.47 Å². The van der Waals surface area contributed by atoms with Crippen molar-refractivity contribution in [3.05, 3.63) is 72.8 Å². The number of alkyl halides is 9. The summed E-state index contributed by atoms with van der Waals surface area (Å²) in [5.41, 5.74) is -5.21. The molecule has 0 spiro atoms. The second-order valence-electron chi connectivity index (χ2n) is 11.4. The molecule has 0 aliphatic carbocycles. The summed E-state index contributed by atoms with van der Waals surface area (Å²) < 4.78 is 178. The third-order valence-electron chi connectivity index (χ3n) is 6.49. The molecule has 0 aliphatic rings. The van der Waals surface area contributed by atoms with Gasteiger partial charge < -0.3 is 23.7 Å². The summed E-state index contributed by atoms with van der Waals surface area (Å²) in [5.74, 6) is 0.0295. The van der Waals surface area contributed by atoms with Crippen molar-refractivity contribution in [1.29, 1.82) is 0 Å². The van der Waals surface area contributed by atoms with Crippen LogP contribution < -0.4 is 14.2 Å². The zero-order chi connectivity index (χ0) is 37.8. The second-order valence-corrected chi connectivity index (χ2v) is 14.9. The van der Waals surface area contributed by atoms with Gasteiger partial charge in [0.25, 0.3) is 5.60 Å². The summed E-state index contributed by atoms with van der Waals surface area (Å²) in [5, 5.41) is -5.11. The van der Waals surface area contributed by atoms with Gasteiger partial charge in [0.05, 0.1) is 10.9 Å². The summed E-state index contributed by atoms with van der Waals surface area (Å²) in [7, 11) is -6.22. The van der Waals surface area contributed by atoms with Crippen molar-refractivity contribution in [1.82, 2.24) is 0 Å². The van der Waals surface area contributed by atoms with Crippen LogP contribution in [-0.2, 0) is 30.5 Å². The standard InChI is InChI=1S/C31H31F9O8S2/c1-27(2,3)48-22-9-15-25(16-10-22)49(23-11-5-20(6-12-23)45-17-26(32)29(33,34)50(41,42)43)24-13-7-21(8-14-24)46-18-28(30(35,36)37,31(38,39)40)47-19-44-4/h5-16,26H,17-19H2,1-4H3/p+1. The molecular weight excluding hydrogens is 735 g/mol. The second kappa shape index (κ2) is 15.5. The van der Waals surface area contributed by atoms with Crippen LogP contribution in [0.4, 0.5) is 39.5 Å². The predicted octanol–water partition coefficient (Wildman–Crippen LogP) is 8.02. The molecule has 0 aromatic heterocycles. The summed E-state index contributed by atoms with van der Waals surface area (Å²) in [6.07, 6.45) is -15.2. The number of hydrogen-bond acceptors (Lipinski definition) is 7. The molecule has 0 bridgehead atoms. The minimum Gasteiger partial charge on any atom is -0.490 e. The first-order valence-electron chi connectivity index (χ1n) is 14.2. The summed E-state index contributed by atoms with van der Waals surface area (Å²) in [6, 6.07) is 17.4. The largest absolute Gasteiger partial charge is 0.490 e. The summed E-state index contributed by atoms with van der Waals surface area (Å²) in [4.78, 5) is 1.70. The van der Waals surface area contributed by atoms with E-state index >= 15 is 0 Å². The lowest BCUT2D eigenvalue weighted by Gasteiger charge is -2.36. The van der Waals surface area contributed by atoms with E-state index in [0.717, 1.165) is 19.2 Å². The minimum absolute atomic E-state index is 0.141. The number of halogens is 9. The van der Waals surface area contributed by atoms with Crippen LogP contribution in [0.15, 0.2) is 87.5 Å². The molecule has 278 valence electrons. The number of benzene rings is 3. The van der Waals surface area contributed by atoms with Gasteiger partial charge in [-0.05, 0) is 93.6 Å². The number of rotatable bonds is 15. The highest BCUT2D eigenvalue weighted by Gasteiger charge is 2.73. The third-order valence-corrected chi connectivity index (χ3v) is 9.66. The smallest absolute Gasteiger partial charge is 0.430 e. The van der Waals surface area contributed by atoms with Crippen molar-refractivity contribution >= 4 is 21.0 Å². The Morgan fingerprint density at radius 3 is 1.46 bits per heavy atom. The SMILES string of the molecule is COCOC(COc1ccc([S+](c2ccc(OCC(F)C(F)(F)S(=O)(=O)O)cc2)c2ccc(OC(C)(C)C)cc2)cc1)(C(F)(F)F)C(F)(F)F. The maximum atomic E-state index is 13.9. The first-order valence-corrected chi connectivity index (χ1v) is 16.8. The van der Waals surface area contributed by atoms with Gasteiger partial charge in [-0.2, -0.15) is 43.5 Å². The lowest BCUT2D eigenvalue weighted by Crippen LogP contribution is -2.62. The number of methoxy groups -OCH3 is 1. The van der Waals surface area contributed by atoms with Crippen LogP contribution in [0.1, 0.15) is 20.8 Å². The van der Waals surface area contributed by atoms with E-state index in [-0.39, 0.29) is 11.5 Å². The molecule has 0 saturated heterocycles. The van der Waals surface area contributed by atoms with Crippen molar-refractivity contribution in [2.24, 2.45) is 0 Å². The fourth-order valence-corrected chi connectivity index (χ4v) is 6.48. The van der Waals surface area contributed by atoms with Crippen LogP contribution in [0.2, 0.25) is 0 Å². The first-order chi connectivity index (χ1) is 22.9. The zero-order valence-corrected chi connectivity index (χ0v) is 28.3. The molecular formula is C31H32F9O8S2+. The quantitative estimate of drug-likeness (QED) is 0.0719. The van der Waals surface area contributed by atoms with Crippen molar-refractivity contribution in [2.75, 3.05) is 27.1 Å². The van der Waals surface area contributed by atoms with Crippen molar-refractivity contribution in [3.8, 4) is 17.2 Å². The first kappa shape index (κ1) is 41.0. The molecule has 3 rings (SSSR count). The molecule has 19 heteroatoms. The molecule has 0 radical (unpaired) electrons. The lowest BCUT2D eigenvalue weighted by molar-refractivity contribution is -0.397. The van der Waals surface area contributed by atoms with Crippen LogP contribution >= 0.6 is 0 Å². The fourth-order valence-electron chi connectivity index (χ4n) is 4.05. The van der Waals surface area contributed by atoms with E-state index in [9.17, 15) is 47.9 Å². The Kier molecular flexibility index (Phi) is 12.7. The van der Waals surface area contributed by atoms with E-state index in [4.69, 9.17) is 18.8 Å². The highest BCUT2D eigenvalue weighted by atomic mass is 32.2. The zero-order valence-electron chi connectivity index (χ0n) is 26.7. The normalized spacial score (nSPS) is 14.6. The predicted molar refractivity (Wildman–Crippen MR) is 162 cm³/mol. The van der Waals surface area contributed by atoms with Gasteiger partial charge in [-0.1, -0.05) is 0 Å². The Labute approximate surface area is 284 Å². The number of ether oxygens (including phenoxy) is 5. The van der Waals surface area contributed by atoms with Gasteiger partial charge in [-0.3, -0.25) is 4.55 Å². The van der Waals surface area contributed by atoms with Crippen LogP contribution in [-0.4, -0.2) is 75.1 Å². The molecule has 0 aliphatic heterocycles. The van der Waals surface area contributed by atoms with Crippen LogP contribution in [0, 0.1) is 0 Å². The Balaban J connectivity index is 1.93. The van der Waals surface area contributed by atoms with Crippen LogP contribution in [0.5, 0.6) is 17.2 Å². The van der Waals surface area contributed by atoms with E-state index in [1.54, 1.807) is 24.3 Å². The Morgan fingerprint density at radius 2 is 1.10 bits per heavy atom. The van der Waals surface area contributed by atoms with Crippen molar-refractivity contribution in [3.63, 3.8) is 0 Å². The monoisotopic (exact) mass is 767 g/mol. The van der Waals surface area contributed by atoms with E-state index < -0.39 is 76.0 Å². The molecule has 1 N–H and O–H groups in total. The average Bonchev–Trinajstić information content (AvgIpc) is 2.99. The maximum absolute atomic E-state index is 13.9. The highest BCUT2D eigenvalue weighted by molar-refractivity contribution is 7.97. The molecule has 0 amide bonds. The summed E-state index contributed by atoms with van der Waals surface area (Å²) in [6.45, 7) is 0.801. The highest BCUT2D eigenvalue weighted by Crippen LogP contribution is 2.46. The van der Waals surface area contributed by atoms with Crippen LogP contribution in [0.25, 0.3) is 0 Å². The van der Waals surface area contributed by atoms with Gasteiger partial charge in [-0.25, -0.2) is 4.39 Å². The van der Waals surface area contributed by atoms with Gasteiger partial charge in [0.1, 0.15) is 42.9 Å². The Morgan fingerprint density at radius 1 is 0.700 bits per heavy atom. The molecule has 0 saturated carbocycles. The molecule has 8 nitrogen and oxygen atoms in total. The van der Waals surface area contributed by atoms with Gasteiger partial charge in [0.15, 0.2) is 14.7 Å². The maximum Gasteiger partial charge on any atom is 0.430 e. The van der Waals surface area contributed by atoms with E-state index in [1.807, 2.05) is 20.8 Å². The van der Waals surface area contributed by atoms with Gasteiger partial charge in [0, 0.05) is 7.11 Å². The fraction of sp³-hybridized carbons (Fsp3) is 0.419. The minimum atomic E-state index is -6.05. The topological polar surface area (TPSA) is 101 Å². The third kappa shape index (κ3) is 9.89. The van der Waals surface area contributed by atoms with Gasteiger partial charge in [0.2, 0.25) is 6.17 Å². The van der Waals surface area contributed by atoms with Crippen molar-refractivity contribution < 1.29 is 76.2 Å². The van der Waals surface area contributed by atoms with Gasteiger partial charge >= 0.3 is 27.7 Å². The average molecular weight is 768 g/mol. The lowest BCUT2D eigenvalue weighted by atomic mass is 10.0. The van der Waals surface area contributed by atoms with Crippen LogP contribution in [0.3, 0.4) is 0 Å². The molecule has 3 aromatic carbocycles.